The predicted molar refractivity (Wildman–Crippen MR) is 93.0 cm³/mol. The summed E-state index contributed by atoms with van der Waals surface area (Å²) in [4.78, 5) is 11.3. The molecule has 0 spiro atoms. The summed E-state index contributed by atoms with van der Waals surface area (Å²) in [6.45, 7) is 11.2. The number of hydrogen-bond donors (Lipinski definition) is 1. The number of methoxy groups -OCH3 is 1. The lowest BCUT2D eigenvalue weighted by Gasteiger charge is -2.11. The van der Waals surface area contributed by atoms with Crippen LogP contribution in [0.5, 0.6) is 5.75 Å². The van der Waals surface area contributed by atoms with E-state index in [4.69, 9.17) is 10.00 Å². The van der Waals surface area contributed by atoms with E-state index in [-0.39, 0.29) is 5.57 Å². The Morgan fingerprint density at radius 3 is 2.17 bits per heavy atom. The molecule has 1 rings (SSSR count). The lowest BCUT2D eigenvalue weighted by Crippen LogP contribution is -2.04. The van der Waals surface area contributed by atoms with Crippen molar-refractivity contribution < 1.29 is 14.6 Å². The number of carboxylic acid groups (broad SMARTS) is 1. The van der Waals surface area contributed by atoms with E-state index >= 15 is 0 Å². The molecule has 0 aliphatic rings. The lowest BCUT2D eigenvalue weighted by molar-refractivity contribution is -0.132. The third-order valence-electron chi connectivity index (χ3n) is 2.76. The summed E-state index contributed by atoms with van der Waals surface area (Å²) in [5.41, 5.74) is 1.03. The minimum absolute atomic E-state index is 0.294. The monoisotopic (exact) mass is 311 g/mol. The maximum atomic E-state index is 11.3. The Labute approximate surface area is 137 Å². The topological polar surface area (TPSA) is 70.3 Å². The fourth-order valence-electron chi connectivity index (χ4n) is 1.80. The Kier molecular flexibility index (Phi) is 9.22. The van der Waals surface area contributed by atoms with Crippen molar-refractivity contribution >= 4 is 11.5 Å². The van der Waals surface area contributed by atoms with Crippen LogP contribution in [0.3, 0.4) is 0 Å². The molecular weight excluding hydrogens is 290 g/mol. The van der Waals surface area contributed by atoms with Gasteiger partial charge in [0.2, 0.25) is 0 Å². The first kappa shape index (κ1) is 19.9. The van der Waals surface area contributed by atoms with E-state index in [9.17, 15) is 9.90 Å². The molecule has 0 radical (unpaired) electrons. The fourth-order valence-corrected chi connectivity index (χ4v) is 1.80. The summed E-state index contributed by atoms with van der Waals surface area (Å²) in [5.74, 6) is -0.653. The van der Waals surface area contributed by atoms with Crippen molar-refractivity contribution in [2.75, 3.05) is 7.11 Å². The molecular formula is C19H21NO3. The van der Waals surface area contributed by atoms with Crippen LogP contribution in [0, 0.1) is 11.3 Å². The molecule has 1 aromatic carbocycles. The van der Waals surface area contributed by atoms with Gasteiger partial charge in [0, 0.05) is 5.57 Å². The highest BCUT2D eigenvalue weighted by molar-refractivity contribution is 6.05. The van der Waals surface area contributed by atoms with Gasteiger partial charge in [0.05, 0.1) is 7.11 Å². The van der Waals surface area contributed by atoms with Crippen molar-refractivity contribution in [2.45, 2.75) is 13.8 Å². The lowest BCUT2D eigenvalue weighted by atomic mass is 9.92. The fraction of sp³-hybridized carbons (Fsp3) is 0.158. The highest BCUT2D eigenvalue weighted by atomic mass is 16.5. The van der Waals surface area contributed by atoms with Crippen molar-refractivity contribution in [2.24, 2.45) is 0 Å². The molecule has 0 amide bonds. The number of hydrogen-bond acceptors (Lipinski definition) is 3. The molecule has 0 saturated heterocycles. The van der Waals surface area contributed by atoms with Gasteiger partial charge in [0.1, 0.15) is 17.4 Å². The molecule has 4 heteroatoms. The molecule has 4 nitrogen and oxygen atoms in total. The smallest absolute Gasteiger partial charge is 0.347 e. The molecule has 120 valence electrons. The zero-order chi connectivity index (χ0) is 17.8. The Morgan fingerprint density at radius 1 is 1.26 bits per heavy atom. The third kappa shape index (κ3) is 5.33. The molecule has 0 heterocycles. The maximum Gasteiger partial charge on any atom is 0.347 e. The summed E-state index contributed by atoms with van der Waals surface area (Å²) >= 11 is 0. The van der Waals surface area contributed by atoms with E-state index in [1.165, 1.54) is 19.3 Å². The third-order valence-corrected chi connectivity index (χ3v) is 2.76. The van der Waals surface area contributed by atoms with Crippen LogP contribution in [-0.2, 0) is 4.79 Å². The molecule has 1 N–H and O–H groups in total. The molecule has 1 aromatic rings. The highest BCUT2D eigenvalue weighted by Gasteiger charge is 2.18. The molecule has 0 unspecified atom stereocenters. The van der Waals surface area contributed by atoms with E-state index in [2.05, 4.69) is 13.2 Å². The van der Waals surface area contributed by atoms with Gasteiger partial charge in [0.15, 0.2) is 0 Å². The second kappa shape index (κ2) is 10.6. The number of ether oxygens (including phenoxy) is 1. The van der Waals surface area contributed by atoms with E-state index in [1.54, 1.807) is 36.4 Å². The van der Waals surface area contributed by atoms with Crippen LogP contribution in [0.1, 0.15) is 19.4 Å². The molecule has 0 aliphatic carbocycles. The zero-order valence-corrected chi connectivity index (χ0v) is 13.7. The van der Waals surface area contributed by atoms with E-state index in [0.717, 1.165) is 0 Å². The van der Waals surface area contributed by atoms with Gasteiger partial charge in [-0.05, 0) is 23.3 Å². The molecule has 0 saturated carbocycles. The number of allylic oxidation sites excluding steroid dienone is 5. The zero-order valence-electron chi connectivity index (χ0n) is 13.7. The first-order chi connectivity index (χ1) is 11.1. The molecule has 23 heavy (non-hydrogen) atoms. The van der Waals surface area contributed by atoms with Gasteiger partial charge in [-0.3, -0.25) is 0 Å². The van der Waals surface area contributed by atoms with Crippen LogP contribution in [0.25, 0.3) is 5.57 Å². The molecule has 0 aliphatic heterocycles. The van der Waals surface area contributed by atoms with Crippen molar-refractivity contribution in [1.82, 2.24) is 0 Å². The SMILES string of the molecule is C=C/C=C(C=C)/C(=C(/C#N)C(=O)O)c1ccc(OC)cc1.CC. The number of nitrogens with zero attached hydrogens (tertiary/aromatic N) is 1. The van der Waals surface area contributed by atoms with Gasteiger partial charge < -0.3 is 9.84 Å². The number of rotatable bonds is 6. The van der Waals surface area contributed by atoms with Gasteiger partial charge >= 0.3 is 5.97 Å². The minimum atomic E-state index is -1.29. The molecule has 0 aromatic heterocycles. The van der Waals surface area contributed by atoms with Crippen LogP contribution in [0.2, 0.25) is 0 Å². The van der Waals surface area contributed by atoms with Gasteiger partial charge in [-0.2, -0.15) is 5.26 Å². The Morgan fingerprint density at radius 2 is 1.83 bits per heavy atom. The van der Waals surface area contributed by atoms with Crippen LogP contribution in [0.15, 0.2) is 66.8 Å². The number of carbonyl (C=O) groups is 1. The first-order valence-corrected chi connectivity index (χ1v) is 7.06. The number of aliphatic carboxylic acids is 1. The largest absolute Gasteiger partial charge is 0.497 e. The van der Waals surface area contributed by atoms with E-state index < -0.39 is 5.97 Å². The van der Waals surface area contributed by atoms with E-state index in [0.29, 0.717) is 22.5 Å². The summed E-state index contributed by atoms with van der Waals surface area (Å²) in [5, 5.41) is 18.4. The van der Waals surface area contributed by atoms with Gasteiger partial charge in [-0.25, -0.2) is 4.79 Å². The molecule has 0 fully saturated rings. The summed E-state index contributed by atoms with van der Waals surface area (Å²) in [6, 6.07) is 8.50. The maximum absolute atomic E-state index is 11.3. The summed E-state index contributed by atoms with van der Waals surface area (Å²) < 4.78 is 5.07. The first-order valence-electron chi connectivity index (χ1n) is 7.06. The van der Waals surface area contributed by atoms with Crippen molar-refractivity contribution in [3.63, 3.8) is 0 Å². The average Bonchev–Trinajstić information content (AvgIpc) is 2.59. The van der Waals surface area contributed by atoms with E-state index in [1.807, 2.05) is 13.8 Å². The Bertz CT molecular complexity index is 659. The minimum Gasteiger partial charge on any atom is -0.497 e. The van der Waals surface area contributed by atoms with Crippen molar-refractivity contribution in [3.8, 4) is 11.8 Å². The summed E-state index contributed by atoms with van der Waals surface area (Å²) in [7, 11) is 1.54. The second-order valence-corrected chi connectivity index (χ2v) is 3.96. The number of benzene rings is 1. The van der Waals surface area contributed by atoms with Crippen molar-refractivity contribution in [3.05, 3.63) is 72.4 Å². The van der Waals surface area contributed by atoms with Gasteiger partial charge in [-0.15, -0.1) is 0 Å². The van der Waals surface area contributed by atoms with Crippen LogP contribution < -0.4 is 4.74 Å². The average molecular weight is 311 g/mol. The Balaban J connectivity index is 0.00000232. The second-order valence-electron chi connectivity index (χ2n) is 3.96. The van der Waals surface area contributed by atoms with Gasteiger partial charge in [-0.1, -0.05) is 57.4 Å². The normalized spacial score (nSPS) is 11.1. The number of carboxylic acids is 1. The van der Waals surface area contributed by atoms with Gasteiger partial charge in [0.25, 0.3) is 0 Å². The quantitative estimate of drug-likeness (QED) is 0.481. The predicted octanol–water partition coefficient (Wildman–Crippen LogP) is 4.38. The van der Waals surface area contributed by atoms with Crippen LogP contribution >= 0.6 is 0 Å². The van der Waals surface area contributed by atoms with Crippen LogP contribution in [0.4, 0.5) is 0 Å². The molecule has 0 atom stereocenters. The van der Waals surface area contributed by atoms with Crippen LogP contribution in [-0.4, -0.2) is 18.2 Å². The number of nitriles is 1. The standard InChI is InChI=1S/C17H15NO3.C2H6/c1-4-6-12(5-2)16(15(11-18)17(19)20)13-7-9-14(21-3)10-8-13;1-2/h4-10H,1-2H2,3H3,(H,19,20);1-2H3/b12-6+,16-15+;. The molecule has 0 bridgehead atoms. The van der Waals surface area contributed by atoms with Crippen molar-refractivity contribution in [1.29, 1.82) is 5.26 Å². The summed E-state index contributed by atoms with van der Waals surface area (Å²) in [6.07, 6.45) is 4.60. The Hall–Kier alpha value is -3.06. The highest BCUT2D eigenvalue weighted by Crippen LogP contribution is 2.29.